The molecular weight excluding hydrogens is 288 g/mol. The number of benzene rings is 1. The van der Waals surface area contributed by atoms with Crippen molar-refractivity contribution in [1.29, 1.82) is 0 Å². The molecule has 1 aromatic carbocycles. The highest BCUT2D eigenvalue weighted by atomic mass is 35.5. The van der Waals surface area contributed by atoms with E-state index in [0.29, 0.717) is 18.1 Å². The molecule has 0 saturated carbocycles. The fourth-order valence-corrected chi connectivity index (χ4v) is 3.79. The lowest BCUT2D eigenvalue weighted by atomic mass is 10.2. The predicted octanol–water partition coefficient (Wildman–Crippen LogP) is 1.18. The third-order valence-electron chi connectivity index (χ3n) is 3.08. The molecule has 100 valence electrons. The average Bonchev–Trinajstić information content (AvgIpc) is 2.80. The zero-order valence-electron chi connectivity index (χ0n) is 9.85. The minimum absolute atomic E-state index is 0.0523. The average molecular weight is 299 g/mol. The van der Waals surface area contributed by atoms with Gasteiger partial charge in [-0.1, -0.05) is 22.9 Å². The van der Waals surface area contributed by atoms with Crippen LogP contribution in [0.3, 0.4) is 0 Å². The second-order valence-electron chi connectivity index (χ2n) is 4.32. The van der Waals surface area contributed by atoms with E-state index in [1.807, 2.05) is 0 Å². The molecule has 1 aliphatic heterocycles. The Bertz CT molecular complexity index is 680. The van der Waals surface area contributed by atoms with Gasteiger partial charge in [-0.2, -0.15) is 4.31 Å². The fourth-order valence-electron chi connectivity index (χ4n) is 1.97. The van der Waals surface area contributed by atoms with Crippen molar-refractivity contribution in [3.8, 4) is 0 Å². The summed E-state index contributed by atoms with van der Waals surface area (Å²) in [6.07, 6.45) is 3.31. The Hall–Kier alpha value is -1.44. The SMILES string of the molecule is O=S(=O)(c1cccc(Cl)c1)N1CC(n2ccnn2)C1. The highest BCUT2D eigenvalue weighted by Crippen LogP contribution is 2.28. The summed E-state index contributed by atoms with van der Waals surface area (Å²) in [5.74, 6) is 0. The molecule has 1 aliphatic rings. The Morgan fingerprint density at radius 1 is 1.32 bits per heavy atom. The molecule has 0 aliphatic carbocycles. The summed E-state index contributed by atoms with van der Waals surface area (Å²) in [6.45, 7) is 0.802. The largest absolute Gasteiger partial charge is 0.247 e. The summed E-state index contributed by atoms with van der Waals surface area (Å²) >= 11 is 5.82. The third-order valence-corrected chi connectivity index (χ3v) is 5.14. The number of halogens is 1. The number of hydrogen-bond acceptors (Lipinski definition) is 4. The van der Waals surface area contributed by atoms with Gasteiger partial charge >= 0.3 is 0 Å². The van der Waals surface area contributed by atoms with E-state index in [-0.39, 0.29) is 10.9 Å². The molecular formula is C11H11ClN4O2S. The maximum atomic E-state index is 12.3. The Morgan fingerprint density at radius 2 is 2.11 bits per heavy atom. The van der Waals surface area contributed by atoms with Gasteiger partial charge in [-0.3, -0.25) is 0 Å². The van der Waals surface area contributed by atoms with Crippen LogP contribution in [-0.2, 0) is 10.0 Å². The van der Waals surface area contributed by atoms with Gasteiger partial charge in [0.05, 0.1) is 17.1 Å². The Morgan fingerprint density at radius 3 is 2.74 bits per heavy atom. The zero-order valence-corrected chi connectivity index (χ0v) is 11.4. The van der Waals surface area contributed by atoms with Gasteiger partial charge in [-0.25, -0.2) is 13.1 Å². The topological polar surface area (TPSA) is 68.1 Å². The van der Waals surface area contributed by atoms with Crippen LogP contribution in [0.4, 0.5) is 0 Å². The van der Waals surface area contributed by atoms with Crippen LogP contribution < -0.4 is 0 Å². The Labute approximate surface area is 115 Å². The lowest BCUT2D eigenvalue weighted by Crippen LogP contribution is -2.50. The number of aromatic nitrogens is 3. The number of nitrogens with zero attached hydrogens (tertiary/aromatic N) is 4. The summed E-state index contributed by atoms with van der Waals surface area (Å²) in [5.41, 5.74) is 0. The van der Waals surface area contributed by atoms with Crippen molar-refractivity contribution < 1.29 is 8.42 Å². The minimum Gasteiger partial charge on any atom is -0.247 e. The van der Waals surface area contributed by atoms with Crippen LogP contribution in [0, 0.1) is 0 Å². The first-order chi connectivity index (χ1) is 9.07. The van der Waals surface area contributed by atoms with E-state index in [2.05, 4.69) is 10.3 Å². The van der Waals surface area contributed by atoms with Gasteiger partial charge in [0.2, 0.25) is 10.0 Å². The van der Waals surface area contributed by atoms with Crippen molar-refractivity contribution in [2.75, 3.05) is 13.1 Å². The van der Waals surface area contributed by atoms with Crippen molar-refractivity contribution in [3.63, 3.8) is 0 Å². The molecule has 0 amide bonds. The second-order valence-corrected chi connectivity index (χ2v) is 6.69. The normalized spacial score (nSPS) is 17.3. The van der Waals surface area contributed by atoms with Gasteiger partial charge in [0.15, 0.2) is 0 Å². The standard InChI is InChI=1S/C11H11ClN4O2S/c12-9-2-1-3-11(6-9)19(17,18)15-7-10(8-15)16-5-4-13-14-16/h1-6,10H,7-8H2. The van der Waals surface area contributed by atoms with E-state index in [9.17, 15) is 8.42 Å². The van der Waals surface area contributed by atoms with Crippen molar-refractivity contribution in [2.24, 2.45) is 0 Å². The van der Waals surface area contributed by atoms with Crippen LogP contribution in [0.2, 0.25) is 5.02 Å². The van der Waals surface area contributed by atoms with Gasteiger partial charge in [0.25, 0.3) is 0 Å². The van der Waals surface area contributed by atoms with Crippen molar-refractivity contribution in [3.05, 3.63) is 41.7 Å². The molecule has 0 spiro atoms. The van der Waals surface area contributed by atoms with Crippen LogP contribution in [0.5, 0.6) is 0 Å². The van der Waals surface area contributed by atoms with Crippen LogP contribution in [-0.4, -0.2) is 40.8 Å². The first kappa shape index (κ1) is 12.6. The molecule has 2 aromatic rings. The first-order valence-electron chi connectivity index (χ1n) is 5.69. The lowest BCUT2D eigenvalue weighted by Gasteiger charge is -2.37. The molecule has 8 heteroatoms. The van der Waals surface area contributed by atoms with Gasteiger partial charge in [0, 0.05) is 24.3 Å². The van der Waals surface area contributed by atoms with Crippen molar-refractivity contribution in [2.45, 2.75) is 10.9 Å². The lowest BCUT2D eigenvalue weighted by molar-refractivity contribution is 0.189. The summed E-state index contributed by atoms with van der Waals surface area (Å²) < 4.78 is 27.7. The Kier molecular flexibility index (Phi) is 3.04. The molecule has 6 nitrogen and oxygen atoms in total. The van der Waals surface area contributed by atoms with Crippen LogP contribution in [0.25, 0.3) is 0 Å². The summed E-state index contributed by atoms with van der Waals surface area (Å²) in [4.78, 5) is 0.219. The third kappa shape index (κ3) is 2.24. The number of rotatable bonds is 3. The van der Waals surface area contributed by atoms with Crippen LogP contribution >= 0.6 is 11.6 Å². The zero-order chi connectivity index (χ0) is 13.5. The quantitative estimate of drug-likeness (QED) is 0.853. The van der Waals surface area contributed by atoms with Crippen LogP contribution in [0.1, 0.15) is 6.04 Å². The number of hydrogen-bond donors (Lipinski definition) is 0. The monoisotopic (exact) mass is 298 g/mol. The van der Waals surface area contributed by atoms with Gasteiger partial charge in [0.1, 0.15) is 0 Å². The smallest absolute Gasteiger partial charge is 0.243 e. The van der Waals surface area contributed by atoms with Crippen molar-refractivity contribution in [1.82, 2.24) is 19.3 Å². The molecule has 0 N–H and O–H groups in total. The summed E-state index contributed by atoms with van der Waals surface area (Å²) in [5, 5.41) is 7.99. The fraction of sp³-hybridized carbons (Fsp3) is 0.273. The molecule has 1 saturated heterocycles. The van der Waals surface area contributed by atoms with Gasteiger partial charge in [-0.05, 0) is 18.2 Å². The Balaban J connectivity index is 1.77. The first-order valence-corrected chi connectivity index (χ1v) is 7.51. The molecule has 1 fully saturated rings. The van der Waals surface area contributed by atoms with E-state index in [4.69, 9.17) is 11.6 Å². The van der Waals surface area contributed by atoms with E-state index < -0.39 is 10.0 Å². The highest BCUT2D eigenvalue weighted by molar-refractivity contribution is 7.89. The van der Waals surface area contributed by atoms with Crippen molar-refractivity contribution >= 4 is 21.6 Å². The minimum atomic E-state index is -3.46. The molecule has 3 rings (SSSR count). The molecule has 2 heterocycles. The number of sulfonamides is 1. The maximum absolute atomic E-state index is 12.3. The predicted molar refractivity (Wildman–Crippen MR) is 69.3 cm³/mol. The molecule has 1 aromatic heterocycles. The van der Waals surface area contributed by atoms with Gasteiger partial charge < -0.3 is 0 Å². The highest BCUT2D eigenvalue weighted by Gasteiger charge is 2.38. The van der Waals surface area contributed by atoms with E-state index in [1.165, 1.54) is 10.4 Å². The van der Waals surface area contributed by atoms with E-state index in [0.717, 1.165) is 0 Å². The van der Waals surface area contributed by atoms with Crippen LogP contribution in [0.15, 0.2) is 41.6 Å². The molecule has 0 unspecified atom stereocenters. The molecule has 0 radical (unpaired) electrons. The molecule has 0 bridgehead atoms. The van der Waals surface area contributed by atoms with E-state index in [1.54, 1.807) is 35.3 Å². The second kappa shape index (κ2) is 4.59. The maximum Gasteiger partial charge on any atom is 0.243 e. The summed E-state index contributed by atoms with van der Waals surface area (Å²) in [6, 6.07) is 6.33. The van der Waals surface area contributed by atoms with Gasteiger partial charge in [-0.15, -0.1) is 5.10 Å². The molecule has 19 heavy (non-hydrogen) atoms. The summed E-state index contributed by atoms with van der Waals surface area (Å²) in [7, 11) is -3.46. The van der Waals surface area contributed by atoms with E-state index >= 15 is 0 Å². The molecule has 0 atom stereocenters.